The summed E-state index contributed by atoms with van der Waals surface area (Å²) < 4.78 is 5.88. The number of piperidine rings is 1. The first-order valence-corrected chi connectivity index (χ1v) is 8.00. The van der Waals surface area contributed by atoms with Crippen LogP contribution in [0.4, 0.5) is 5.69 Å². The Morgan fingerprint density at radius 1 is 1.25 bits per heavy atom. The third-order valence-corrected chi connectivity index (χ3v) is 4.98. The molecule has 1 aromatic carbocycles. The van der Waals surface area contributed by atoms with Gasteiger partial charge in [-0.3, -0.25) is 0 Å². The van der Waals surface area contributed by atoms with Gasteiger partial charge < -0.3 is 15.0 Å². The lowest BCUT2D eigenvalue weighted by molar-refractivity contribution is 0.198. The second-order valence-electron chi connectivity index (χ2n) is 6.19. The van der Waals surface area contributed by atoms with Crippen LogP contribution in [0.15, 0.2) is 24.3 Å². The number of benzene rings is 1. The van der Waals surface area contributed by atoms with Gasteiger partial charge in [0.15, 0.2) is 0 Å². The average molecular weight is 274 g/mol. The number of nitrogens with zero attached hydrogens (tertiary/aromatic N) is 1. The summed E-state index contributed by atoms with van der Waals surface area (Å²) in [5.41, 5.74) is 1.76. The van der Waals surface area contributed by atoms with Crippen LogP contribution in [-0.4, -0.2) is 32.8 Å². The van der Waals surface area contributed by atoms with E-state index in [0.29, 0.717) is 5.41 Å². The minimum Gasteiger partial charge on any atom is -0.491 e. The highest BCUT2D eigenvalue weighted by Gasteiger charge is 2.33. The van der Waals surface area contributed by atoms with Crippen molar-refractivity contribution in [3.05, 3.63) is 24.3 Å². The number of anilines is 1. The highest BCUT2D eigenvalue weighted by molar-refractivity contribution is 5.59. The van der Waals surface area contributed by atoms with E-state index >= 15 is 0 Å². The van der Waals surface area contributed by atoms with Crippen LogP contribution in [0.3, 0.4) is 0 Å². The quantitative estimate of drug-likeness (QED) is 0.917. The van der Waals surface area contributed by atoms with Crippen molar-refractivity contribution in [1.29, 1.82) is 0 Å². The van der Waals surface area contributed by atoms with E-state index in [1.807, 2.05) is 0 Å². The SMILES string of the molecule is CCC1(CN2CCCOc3ccccc32)CCNCC1. The number of ether oxygens (including phenoxy) is 1. The summed E-state index contributed by atoms with van der Waals surface area (Å²) in [5.74, 6) is 1.06. The van der Waals surface area contributed by atoms with E-state index in [-0.39, 0.29) is 0 Å². The van der Waals surface area contributed by atoms with E-state index in [0.717, 1.165) is 25.3 Å². The number of para-hydroxylation sites is 2. The molecule has 0 bridgehead atoms. The molecule has 0 saturated carbocycles. The number of hydrogen-bond donors (Lipinski definition) is 1. The van der Waals surface area contributed by atoms with Crippen molar-refractivity contribution in [1.82, 2.24) is 5.32 Å². The monoisotopic (exact) mass is 274 g/mol. The Bertz CT molecular complexity index is 440. The lowest BCUT2D eigenvalue weighted by Gasteiger charge is -2.41. The van der Waals surface area contributed by atoms with Gasteiger partial charge in [-0.2, -0.15) is 0 Å². The van der Waals surface area contributed by atoms with E-state index in [1.165, 1.54) is 44.6 Å². The number of rotatable bonds is 3. The van der Waals surface area contributed by atoms with Gasteiger partial charge in [0.05, 0.1) is 12.3 Å². The molecule has 1 fully saturated rings. The Kier molecular flexibility index (Phi) is 4.16. The number of nitrogens with one attached hydrogen (secondary N) is 1. The summed E-state index contributed by atoms with van der Waals surface area (Å²) in [7, 11) is 0. The Morgan fingerprint density at radius 2 is 2.05 bits per heavy atom. The maximum atomic E-state index is 5.88. The molecule has 3 rings (SSSR count). The standard InChI is InChI=1S/C17H26N2O/c1-2-17(8-10-18-11-9-17)14-19-12-5-13-20-16-7-4-3-6-15(16)19/h3-4,6-7,18H,2,5,8-14H2,1H3. The second kappa shape index (κ2) is 6.04. The smallest absolute Gasteiger partial charge is 0.142 e. The van der Waals surface area contributed by atoms with Gasteiger partial charge in [-0.1, -0.05) is 19.1 Å². The number of fused-ring (bicyclic) bond motifs is 1. The molecule has 2 aliphatic rings. The molecular formula is C17H26N2O. The van der Waals surface area contributed by atoms with Gasteiger partial charge in [-0.15, -0.1) is 0 Å². The summed E-state index contributed by atoms with van der Waals surface area (Å²) in [5, 5.41) is 3.50. The fourth-order valence-corrected chi connectivity index (χ4v) is 3.55. The molecule has 0 spiro atoms. The van der Waals surface area contributed by atoms with E-state index in [4.69, 9.17) is 4.74 Å². The van der Waals surface area contributed by atoms with Crippen molar-refractivity contribution in [3.63, 3.8) is 0 Å². The highest BCUT2D eigenvalue weighted by Crippen LogP contribution is 2.38. The van der Waals surface area contributed by atoms with Crippen LogP contribution in [0, 0.1) is 5.41 Å². The van der Waals surface area contributed by atoms with Gasteiger partial charge in [0, 0.05) is 13.1 Å². The maximum absolute atomic E-state index is 5.88. The fraction of sp³-hybridized carbons (Fsp3) is 0.647. The molecular weight excluding hydrogens is 248 g/mol. The summed E-state index contributed by atoms with van der Waals surface area (Å²) >= 11 is 0. The average Bonchev–Trinajstić information content (AvgIpc) is 2.71. The first-order chi connectivity index (χ1) is 9.83. The molecule has 0 unspecified atom stereocenters. The zero-order valence-corrected chi connectivity index (χ0v) is 12.5. The minimum atomic E-state index is 0.475. The zero-order chi connectivity index (χ0) is 13.8. The lowest BCUT2D eigenvalue weighted by atomic mass is 9.76. The Balaban J connectivity index is 1.82. The van der Waals surface area contributed by atoms with Crippen LogP contribution in [-0.2, 0) is 0 Å². The van der Waals surface area contributed by atoms with Crippen molar-refractivity contribution in [2.24, 2.45) is 5.41 Å². The van der Waals surface area contributed by atoms with E-state index in [9.17, 15) is 0 Å². The Morgan fingerprint density at radius 3 is 2.85 bits per heavy atom. The molecule has 0 atom stereocenters. The third kappa shape index (κ3) is 2.78. The Labute approximate surface area is 122 Å². The van der Waals surface area contributed by atoms with Gasteiger partial charge in [-0.25, -0.2) is 0 Å². The summed E-state index contributed by atoms with van der Waals surface area (Å²) in [6.45, 7) is 7.82. The largest absolute Gasteiger partial charge is 0.491 e. The first kappa shape index (κ1) is 13.7. The highest BCUT2D eigenvalue weighted by atomic mass is 16.5. The van der Waals surface area contributed by atoms with Crippen LogP contribution >= 0.6 is 0 Å². The third-order valence-electron chi connectivity index (χ3n) is 4.98. The van der Waals surface area contributed by atoms with Crippen LogP contribution in [0.25, 0.3) is 0 Å². The summed E-state index contributed by atoms with van der Waals surface area (Å²) in [4.78, 5) is 2.57. The molecule has 3 heteroatoms. The van der Waals surface area contributed by atoms with Gasteiger partial charge in [0.1, 0.15) is 5.75 Å². The molecule has 110 valence electrons. The fourth-order valence-electron chi connectivity index (χ4n) is 3.55. The van der Waals surface area contributed by atoms with Crippen molar-refractivity contribution in [3.8, 4) is 5.75 Å². The lowest BCUT2D eigenvalue weighted by Crippen LogP contribution is -2.44. The van der Waals surface area contributed by atoms with Crippen LogP contribution < -0.4 is 15.0 Å². The summed E-state index contributed by atoms with van der Waals surface area (Å²) in [6.07, 6.45) is 4.98. The molecule has 0 aromatic heterocycles. The van der Waals surface area contributed by atoms with Crippen molar-refractivity contribution < 1.29 is 4.74 Å². The van der Waals surface area contributed by atoms with Gasteiger partial charge >= 0.3 is 0 Å². The molecule has 20 heavy (non-hydrogen) atoms. The van der Waals surface area contributed by atoms with Crippen molar-refractivity contribution in [2.45, 2.75) is 32.6 Å². The van der Waals surface area contributed by atoms with E-state index in [1.54, 1.807) is 0 Å². The van der Waals surface area contributed by atoms with Gasteiger partial charge in [-0.05, 0) is 56.3 Å². The molecule has 2 aliphatic heterocycles. The zero-order valence-electron chi connectivity index (χ0n) is 12.5. The molecule has 0 radical (unpaired) electrons. The van der Waals surface area contributed by atoms with Gasteiger partial charge in [0.2, 0.25) is 0 Å². The molecule has 0 aliphatic carbocycles. The predicted molar refractivity (Wildman–Crippen MR) is 83.6 cm³/mol. The molecule has 1 saturated heterocycles. The molecule has 3 nitrogen and oxygen atoms in total. The van der Waals surface area contributed by atoms with E-state index < -0.39 is 0 Å². The Hall–Kier alpha value is -1.22. The topological polar surface area (TPSA) is 24.5 Å². The predicted octanol–water partition coefficient (Wildman–Crippen LogP) is 3.06. The van der Waals surface area contributed by atoms with Crippen molar-refractivity contribution in [2.75, 3.05) is 37.7 Å². The van der Waals surface area contributed by atoms with E-state index in [2.05, 4.69) is 41.4 Å². The summed E-state index contributed by atoms with van der Waals surface area (Å²) in [6, 6.07) is 8.52. The second-order valence-corrected chi connectivity index (χ2v) is 6.19. The normalized spacial score (nSPS) is 21.8. The molecule has 1 N–H and O–H groups in total. The number of hydrogen-bond acceptors (Lipinski definition) is 3. The molecule has 0 amide bonds. The van der Waals surface area contributed by atoms with Gasteiger partial charge in [0.25, 0.3) is 0 Å². The van der Waals surface area contributed by atoms with Crippen LogP contribution in [0.1, 0.15) is 32.6 Å². The van der Waals surface area contributed by atoms with Crippen molar-refractivity contribution >= 4 is 5.69 Å². The molecule has 2 heterocycles. The van der Waals surface area contributed by atoms with Crippen LogP contribution in [0.5, 0.6) is 5.75 Å². The first-order valence-electron chi connectivity index (χ1n) is 8.00. The maximum Gasteiger partial charge on any atom is 0.142 e. The van der Waals surface area contributed by atoms with Crippen LogP contribution in [0.2, 0.25) is 0 Å². The minimum absolute atomic E-state index is 0.475. The molecule has 1 aromatic rings.